The highest BCUT2D eigenvalue weighted by atomic mass is 19.4. The summed E-state index contributed by atoms with van der Waals surface area (Å²) in [5, 5.41) is 11.2. The monoisotopic (exact) mass is 245 g/mol. The van der Waals surface area contributed by atoms with Gasteiger partial charge in [-0.1, -0.05) is 12.1 Å². The molecule has 1 aromatic carbocycles. The van der Waals surface area contributed by atoms with Crippen LogP contribution in [0.1, 0.15) is 0 Å². The second kappa shape index (κ2) is 4.25. The van der Waals surface area contributed by atoms with Crippen LogP contribution < -0.4 is 5.32 Å². The summed E-state index contributed by atoms with van der Waals surface area (Å²) in [6.45, 7) is -0.636. The molecule has 0 spiro atoms. The lowest BCUT2D eigenvalue weighted by molar-refractivity contribution is -0.198. The van der Waals surface area contributed by atoms with Crippen LogP contribution in [0.25, 0.3) is 11.0 Å². The number of fused-ring (bicyclic) bond motifs is 1. The Kier molecular flexibility index (Phi) is 2.93. The van der Waals surface area contributed by atoms with Crippen molar-refractivity contribution in [1.29, 1.82) is 0 Å². The summed E-state index contributed by atoms with van der Waals surface area (Å²) < 4.78 is 36.1. The van der Waals surface area contributed by atoms with Crippen molar-refractivity contribution in [1.82, 2.24) is 9.97 Å². The average Bonchev–Trinajstić information content (AvgIpc) is 2.66. The van der Waals surface area contributed by atoms with Crippen molar-refractivity contribution in [2.45, 2.75) is 12.3 Å². The molecule has 1 heterocycles. The molecule has 0 aliphatic carbocycles. The molecule has 0 fully saturated rings. The minimum Gasteiger partial charge on any atom is -0.382 e. The lowest BCUT2D eigenvalue weighted by Gasteiger charge is -2.14. The van der Waals surface area contributed by atoms with Crippen LogP contribution in [0.2, 0.25) is 0 Å². The van der Waals surface area contributed by atoms with Crippen molar-refractivity contribution in [3.05, 3.63) is 24.3 Å². The standard InChI is InChI=1S/C10H10F3N3O/c11-10(12,13)8(17)5-14-9-15-6-3-1-2-4-7(6)16-9/h1-4,8,17H,5H2,(H2,14,15,16). The van der Waals surface area contributed by atoms with Gasteiger partial charge in [0.15, 0.2) is 6.10 Å². The molecule has 3 N–H and O–H groups in total. The van der Waals surface area contributed by atoms with E-state index >= 15 is 0 Å². The number of aromatic nitrogens is 2. The maximum absolute atomic E-state index is 12.0. The van der Waals surface area contributed by atoms with E-state index in [1.54, 1.807) is 24.3 Å². The number of imidazole rings is 1. The largest absolute Gasteiger partial charge is 0.416 e. The number of para-hydroxylation sites is 2. The molecule has 0 amide bonds. The smallest absolute Gasteiger partial charge is 0.382 e. The van der Waals surface area contributed by atoms with Gasteiger partial charge in [0.05, 0.1) is 17.6 Å². The molecule has 2 rings (SSSR count). The van der Waals surface area contributed by atoms with Crippen LogP contribution in [-0.4, -0.2) is 33.9 Å². The summed E-state index contributed by atoms with van der Waals surface area (Å²) in [5.41, 5.74) is 1.37. The molecule has 0 saturated carbocycles. The van der Waals surface area contributed by atoms with Crippen LogP contribution in [0, 0.1) is 0 Å². The molecule has 0 bridgehead atoms. The molecule has 0 radical (unpaired) electrons. The number of aromatic amines is 1. The van der Waals surface area contributed by atoms with E-state index in [0.717, 1.165) is 5.52 Å². The molecule has 0 aliphatic rings. The highest BCUT2D eigenvalue weighted by Crippen LogP contribution is 2.20. The molecule has 1 unspecified atom stereocenters. The Balaban J connectivity index is 2.04. The molecule has 4 nitrogen and oxygen atoms in total. The molecule has 1 aromatic heterocycles. The lowest BCUT2D eigenvalue weighted by Crippen LogP contribution is -2.35. The topological polar surface area (TPSA) is 60.9 Å². The molecular weight excluding hydrogens is 235 g/mol. The van der Waals surface area contributed by atoms with E-state index in [4.69, 9.17) is 5.11 Å². The van der Waals surface area contributed by atoms with Crippen molar-refractivity contribution in [3.8, 4) is 0 Å². The van der Waals surface area contributed by atoms with Crippen molar-refractivity contribution < 1.29 is 18.3 Å². The number of aliphatic hydroxyl groups excluding tert-OH is 1. The number of hydrogen-bond donors (Lipinski definition) is 3. The molecule has 0 saturated heterocycles. The molecule has 0 aliphatic heterocycles. The average molecular weight is 245 g/mol. The Morgan fingerprint density at radius 2 is 2.06 bits per heavy atom. The van der Waals surface area contributed by atoms with Crippen molar-refractivity contribution in [2.75, 3.05) is 11.9 Å². The van der Waals surface area contributed by atoms with E-state index in [2.05, 4.69) is 15.3 Å². The summed E-state index contributed by atoms with van der Waals surface area (Å²) in [7, 11) is 0. The normalized spacial score (nSPS) is 13.9. The number of rotatable bonds is 3. The van der Waals surface area contributed by atoms with Gasteiger partial charge in [0, 0.05) is 0 Å². The van der Waals surface area contributed by atoms with E-state index in [-0.39, 0.29) is 5.95 Å². The number of halogens is 3. The fraction of sp³-hybridized carbons (Fsp3) is 0.300. The van der Waals surface area contributed by atoms with Crippen LogP contribution in [0.3, 0.4) is 0 Å². The van der Waals surface area contributed by atoms with Gasteiger partial charge in [-0.25, -0.2) is 4.98 Å². The van der Waals surface area contributed by atoms with E-state index < -0.39 is 18.8 Å². The van der Waals surface area contributed by atoms with Gasteiger partial charge in [-0.05, 0) is 12.1 Å². The predicted octanol–water partition coefficient (Wildman–Crippen LogP) is 1.90. The van der Waals surface area contributed by atoms with Crippen LogP contribution in [0.5, 0.6) is 0 Å². The second-order valence-corrected chi connectivity index (χ2v) is 3.54. The maximum atomic E-state index is 12.0. The van der Waals surface area contributed by atoms with Crippen molar-refractivity contribution in [2.24, 2.45) is 0 Å². The highest BCUT2D eigenvalue weighted by molar-refractivity contribution is 5.77. The number of nitrogens with zero attached hydrogens (tertiary/aromatic N) is 1. The van der Waals surface area contributed by atoms with Gasteiger partial charge in [0.25, 0.3) is 0 Å². The van der Waals surface area contributed by atoms with Crippen LogP contribution >= 0.6 is 0 Å². The summed E-state index contributed by atoms with van der Waals surface area (Å²) in [5.74, 6) is 0.203. The Morgan fingerprint density at radius 3 is 2.71 bits per heavy atom. The third kappa shape index (κ3) is 2.68. The summed E-state index contributed by atoms with van der Waals surface area (Å²) in [6.07, 6.45) is -7.03. The van der Waals surface area contributed by atoms with Crippen LogP contribution in [0.4, 0.5) is 19.1 Å². The van der Waals surface area contributed by atoms with Gasteiger partial charge in [0.2, 0.25) is 5.95 Å². The summed E-state index contributed by atoms with van der Waals surface area (Å²) in [4.78, 5) is 6.82. The van der Waals surface area contributed by atoms with Crippen LogP contribution in [0.15, 0.2) is 24.3 Å². The minimum absolute atomic E-state index is 0.203. The number of benzene rings is 1. The summed E-state index contributed by atoms with van der Waals surface area (Å²) in [6, 6.07) is 7.05. The van der Waals surface area contributed by atoms with E-state index in [1.165, 1.54) is 0 Å². The zero-order valence-corrected chi connectivity index (χ0v) is 8.62. The lowest BCUT2D eigenvalue weighted by atomic mass is 10.3. The van der Waals surface area contributed by atoms with Crippen molar-refractivity contribution in [3.63, 3.8) is 0 Å². The number of H-pyrrole nitrogens is 1. The number of aliphatic hydroxyl groups is 1. The number of alkyl halides is 3. The van der Waals surface area contributed by atoms with E-state index in [1.807, 2.05) is 0 Å². The SMILES string of the molecule is OC(CNc1nc2ccccc2[nH]1)C(F)(F)F. The third-order valence-electron chi connectivity index (χ3n) is 2.23. The number of hydrogen-bond acceptors (Lipinski definition) is 3. The Hall–Kier alpha value is -1.76. The molecule has 1 atom stereocenters. The zero-order valence-electron chi connectivity index (χ0n) is 8.62. The number of nitrogens with one attached hydrogen (secondary N) is 2. The zero-order chi connectivity index (χ0) is 12.5. The Morgan fingerprint density at radius 1 is 1.35 bits per heavy atom. The first-order valence-corrected chi connectivity index (χ1v) is 4.90. The predicted molar refractivity (Wildman–Crippen MR) is 56.6 cm³/mol. The first-order chi connectivity index (χ1) is 7.97. The Labute approximate surface area is 94.5 Å². The van der Waals surface area contributed by atoms with Gasteiger partial charge in [-0.2, -0.15) is 13.2 Å². The van der Waals surface area contributed by atoms with Gasteiger partial charge < -0.3 is 15.4 Å². The quantitative estimate of drug-likeness (QED) is 0.774. The second-order valence-electron chi connectivity index (χ2n) is 3.54. The van der Waals surface area contributed by atoms with Crippen molar-refractivity contribution >= 4 is 17.0 Å². The summed E-state index contributed by atoms with van der Waals surface area (Å²) >= 11 is 0. The highest BCUT2D eigenvalue weighted by Gasteiger charge is 2.37. The first-order valence-electron chi connectivity index (χ1n) is 4.90. The molecule has 2 aromatic rings. The minimum atomic E-state index is -4.63. The Bertz CT molecular complexity index is 476. The fourth-order valence-corrected chi connectivity index (χ4v) is 1.35. The molecule has 7 heteroatoms. The molecule has 17 heavy (non-hydrogen) atoms. The van der Waals surface area contributed by atoms with E-state index in [0.29, 0.717) is 5.52 Å². The van der Waals surface area contributed by atoms with Gasteiger partial charge in [-0.15, -0.1) is 0 Å². The third-order valence-corrected chi connectivity index (χ3v) is 2.23. The van der Waals surface area contributed by atoms with Gasteiger partial charge in [-0.3, -0.25) is 0 Å². The first kappa shape index (κ1) is 11.7. The van der Waals surface area contributed by atoms with E-state index in [9.17, 15) is 13.2 Å². The molecule has 92 valence electrons. The number of anilines is 1. The maximum Gasteiger partial charge on any atom is 0.416 e. The molecular formula is C10H10F3N3O. The van der Waals surface area contributed by atoms with Gasteiger partial charge >= 0.3 is 6.18 Å². The van der Waals surface area contributed by atoms with Crippen LogP contribution in [-0.2, 0) is 0 Å². The van der Waals surface area contributed by atoms with Gasteiger partial charge in [0.1, 0.15) is 0 Å². The fourth-order valence-electron chi connectivity index (χ4n) is 1.35.